The molecule has 0 fully saturated rings. The largest absolute Gasteiger partial charge is 2.00 e. The van der Waals surface area contributed by atoms with Crippen molar-refractivity contribution in [3.05, 3.63) is 150 Å². The van der Waals surface area contributed by atoms with Crippen LogP contribution in [0.3, 0.4) is 0 Å². The van der Waals surface area contributed by atoms with Gasteiger partial charge in [0.15, 0.2) is 0 Å². The summed E-state index contributed by atoms with van der Waals surface area (Å²) >= 11 is 0. The number of aromatic nitrogens is 5. The Morgan fingerprint density at radius 2 is 0.566 bits per heavy atom. The predicted molar refractivity (Wildman–Crippen MR) is 175 cm³/mol. The summed E-state index contributed by atoms with van der Waals surface area (Å²) in [6.45, 7) is 4.26. The van der Waals surface area contributed by atoms with Crippen LogP contribution in [0.25, 0.3) is 0 Å². The molecule has 0 aliphatic rings. The molecule has 0 aliphatic heterocycles. The Morgan fingerprint density at radius 1 is 0.377 bits per heavy atom. The number of nitrogens with zero attached hydrogens (tertiary/aromatic N) is 5. The number of hydrogen-bond acceptors (Lipinski definition) is 5. The summed E-state index contributed by atoms with van der Waals surface area (Å²) in [5.41, 5.74) is 3.97. The smallest absolute Gasteiger partial charge is 0.457 e. The second kappa shape index (κ2) is 16.6. The third-order valence-corrected chi connectivity index (χ3v) is 6.48. The molecule has 0 radical (unpaired) electrons. The van der Waals surface area contributed by atoms with Crippen LogP contribution in [0.2, 0.25) is 0 Å². The van der Waals surface area contributed by atoms with E-state index in [2.05, 4.69) is 13.8 Å². The number of halogens is 12. The second-order valence-corrected chi connectivity index (χ2v) is 14.3. The monoisotopic (exact) mass is 862 g/mol. The quantitative estimate of drug-likeness (QED) is 0.0712. The topological polar surface area (TPSA) is 192 Å². The van der Waals surface area contributed by atoms with Crippen molar-refractivity contribution in [1.82, 2.24) is 24.9 Å². The van der Waals surface area contributed by atoms with E-state index in [0.717, 1.165) is 34.2 Å². The van der Waals surface area contributed by atoms with E-state index in [-0.39, 0.29) is 39.0 Å². The van der Waals surface area contributed by atoms with Crippen molar-refractivity contribution in [2.75, 3.05) is 0 Å². The summed E-state index contributed by atoms with van der Waals surface area (Å²) in [5.74, 6) is 0. The fourth-order valence-electron chi connectivity index (χ4n) is 4.41. The van der Waals surface area contributed by atoms with E-state index in [0.29, 0.717) is 0 Å². The average molecular weight is 862 g/mol. The molecule has 0 amide bonds. The van der Waals surface area contributed by atoms with Crippen LogP contribution in [0.1, 0.15) is 48.0 Å². The Balaban J connectivity index is -0.00000113. The molecule has 9 N–H and O–H groups in total. The first-order chi connectivity index (χ1) is 21.5. The van der Waals surface area contributed by atoms with Crippen LogP contribution < -0.4 is 0 Å². The fraction of sp³-hybridized carbons (Fsp3) is 0.138. The summed E-state index contributed by atoms with van der Waals surface area (Å²) in [6, 6.07) is 29.9. The molecule has 0 bridgehead atoms. The zero-order valence-electron chi connectivity index (χ0n) is 27.1. The molecule has 5 heterocycles. The van der Waals surface area contributed by atoms with Gasteiger partial charge in [-0.3, -0.25) is 24.9 Å². The summed E-state index contributed by atoms with van der Waals surface area (Å²) in [4.78, 5) is 24.1. The van der Waals surface area contributed by atoms with Crippen molar-refractivity contribution in [2.24, 2.45) is 0 Å². The number of hydrogen-bond donors (Lipinski definition) is 0. The molecule has 24 heteroatoms. The predicted octanol–water partition coefficient (Wildman–Crippen LogP) is 8.74. The molecule has 0 spiro atoms. The molecule has 53 heavy (non-hydrogen) atoms. The summed E-state index contributed by atoms with van der Waals surface area (Å²) in [6.07, 6.45) is 7.25. The van der Waals surface area contributed by atoms with Crippen molar-refractivity contribution >= 4 is 15.6 Å². The normalized spacial score (nSPS) is 13.7. The maximum Gasteiger partial charge on any atom is 2.00 e. The fourth-order valence-corrected chi connectivity index (χ4v) is 4.41. The van der Waals surface area contributed by atoms with Crippen molar-refractivity contribution in [2.45, 2.75) is 24.7 Å². The first-order valence-electron chi connectivity index (χ1n) is 13.3. The molecule has 0 saturated heterocycles. The SMILES string of the molecule is CC(c1ccccn1)(c1ccccn1)c1cccc(C(C)(c2ccccn2)c2ccccn2)n1.F[P-](F)(F)(F)(F)F.F[P-](F)(F)(F)(F)F.O.O.O.[Fe+2].[OH3+]. The van der Waals surface area contributed by atoms with E-state index in [1.165, 1.54) is 0 Å². The van der Waals surface area contributed by atoms with Gasteiger partial charge in [0.2, 0.25) is 0 Å². The van der Waals surface area contributed by atoms with Gasteiger partial charge in [0.25, 0.3) is 0 Å². The first-order valence-corrected chi connectivity index (χ1v) is 17.4. The Kier molecular flexibility index (Phi) is 16.8. The Hall–Kier alpha value is -3.87. The Morgan fingerprint density at radius 3 is 0.736 bits per heavy atom. The zero-order chi connectivity index (χ0) is 36.3. The van der Waals surface area contributed by atoms with Gasteiger partial charge in [-0.05, 0) is 74.5 Å². The van der Waals surface area contributed by atoms with Gasteiger partial charge in [-0.25, -0.2) is 0 Å². The molecule has 0 unspecified atom stereocenters. The molecular weight excluding hydrogens is 828 g/mol. The van der Waals surface area contributed by atoms with Crippen LogP contribution in [0, 0.1) is 0 Å². The van der Waals surface area contributed by atoms with Crippen molar-refractivity contribution in [3.63, 3.8) is 0 Å². The van der Waals surface area contributed by atoms with Gasteiger partial charge in [-0.2, -0.15) is 0 Å². The van der Waals surface area contributed by atoms with Crippen LogP contribution in [0.4, 0.5) is 50.4 Å². The van der Waals surface area contributed by atoms with Crippen molar-refractivity contribution < 1.29 is 89.3 Å². The van der Waals surface area contributed by atoms with Crippen molar-refractivity contribution in [3.8, 4) is 0 Å². The molecular formula is C29H34F12FeN5O4P2+. The minimum atomic E-state index is -10.7. The van der Waals surface area contributed by atoms with Gasteiger partial charge < -0.3 is 21.9 Å². The summed E-state index contributed by atoms with van der Waals surface area (Å²) in [7, 11) is -21.3. The average Bonchev–Trinajstić information content (AvgIpc) is 2.99. The molecule has 5 aromatic rings. The van der Waals surface area contributed by atoms with Gasteiger partial charge in [-0.1, -0.05) is 30.3 Å². The van der Waals surface area contributed by atoms with E-state index < -0.39 is 26.4 Å². The van der Waals surface area contributed by atoms with Crippen molar-refractivity contribution in [1.29, 1.82) is 0 Å². The minimum Gasteiger partial charge on any atom is -0.457 e. The van der Waals surface area contributed by atoms with Crippen LogP contribution >= 0.6 is 15.6 Å². The van der Waals surface area contributed by atoms with Crippen LogP contribution in [-0.4, -0.2) is 41.3 Å². The van der Waals surface area contributed by atoms with Crippen LogP contribution in [-0.2, 0) is 33.4 Å². The zero-order valence-corrected chi connectivity index (χ0v) is 30.0. The van der Waals surface area contributed by atoms with E-state index in [9.17, 15) is 50.4 Å². The molecule has 0 atom stereocenters. The van der Waals surface area contributed by atoms with E-state index in [4.69, 9.17) is 24.9 Å². The number of pyridine rings is 5. The third kappa shape index (κ3) is 18.6. The Bertz CT molecular complexity index is 1610. The van der Waals surface area contributed by atoms with Gasteiger partial charge in [0.05, 0.1) is 45.0 Å². The Labute approximate surface area is 304 Å². The van der Waals surface area contributed by atoms with Crippen LogP contribution in [0.5, 0.6) is 0 Å². The summed E-state index contributed by atoms with van der Waals surface area (Å²) < 4.78 is 118. The molecule has 300 valence electrons. The van der Waals surface area contributed by atoms with Gasteiger partial charge in [0, 0.05) is 24.8 Å². The molecule has 5 aromatic heterocycles. The molecule has 0 aliphatic carbocycles. The van der Waals surface area contributed by atoms with Gasteiger partial charge in [-0.15, -0.1) is 0 Å². The van der Waals surface area contributed by atoms with Gasteiger partial charge in [0.1, 0.15) is 0 Å². The van der Waals surface area contributed by atoms with E-state index >= 15 is 0 Å². The minimum absolute atomic E-state index is 0. The molecule has 9 nitrogen and oxygen atoms in total. The maximum absolute atomic E-state index is 10.7. The maximum atomic E-state index is 9.87. The molecule has 5 rings (SSSR count). The molecule has 0 aromatic carbocycles. The van der Waals surface area contributed by atoms with E-state index in [1.54, 1.807) is 0 Å². The second-order valence-electron chi connectivity index (χ2n) is 10.4. The van der Waals surface area contributed by atoms with Crippen LogP contribution in [0.15, 0.2) is 116 Å². The van der Waals surface area contributed by atoms with E-state index in [1.807, 2.05) is 116 Å². The standard InChI is InChI=1S/C29H25N5.2F6P.Fe.4H2O/c1-28(22-12-3-7-18-30-22,23-13-4-8-19-31-23)26-16-11-17-27(34-26)29(2,24-14-5-9-20-32-24)25-15-6-10-21-33-25;2*1-7(2,3,4,5)6;;;;;/h3-21H,1-2H3;;;;4*1H2/q;2*-1;+2;;;;/p+1. The number of rotatable bonds is 6. The summed E-state index contributed by atoms with van der Waals surface area (Å²) in [5, 5.41) is 0. The molecule has 0 saturated carbocycles. The third-order valence-electron chi connectivity index (χ3n) is 6.48. The first kappa shape index (κ1) is 53.5. The van der Waals surface area contributed by atoms with Gasteiger partial charge >= 0.3 is 83.0 Å².